The van der Waals surface area contributed by atoms with Gasteiger partial charge in [-0.25, -0.2) is 4.98 Å². The van der Waals surface area contributed by atoms with Gasteiger partial charge >= 0.3 is 0 Å². The van der Waals surface area contributed by atoms with Gasteiger partial charge in [-0.05, 0) is 80.1 Å². The number of hydrogen-bond acceptors (Lipinski definition) is 2. The van der Waals surface area contributed by atoms with E-state index in [0.717, 1.165) is 40.3 Å². The van der Waals surface area contributed by atoms with Crippen LogP contribution >= 0.6 is 0 Å². The number of anilines is 1. The Labute approximate surface area is 190 Å². The topological polar surface area (TPSA) is 46.4 Å². The standard InChI is InChI=1S/C28H31N3O/c1-5-6-9-22-11-14-24(15-12-22)29-26(32)18-25-27(23-13-10-19(2)21(4)17-23)30-28-20(3)8-7-16-31(25)28/h7-8,10-17H,5-6,9,18H2,1-4H3,(H,29,32). The second-order valence-electron chi connectivity index (χ2n) is 8.62. The van der Waals surface area contributed by atoms with E-state index in [1.165, 1.54) is 29.5 Å². The monoisotopic (exact) mass is 425 g/mol. The fourth-order valence-corrected chi connectivity index (χ4v) is 4.03. The number of imidazole rings is 1. The molecule has 4 rings (SSSR count). The lowest BCUT2D eigenvalue weighted by molar-refractivity contribution is -0.115. The summed E-state index contributed by atoms with van der Waals surface area (Å²) in [4.78, 5) is 18.0. The Morgan fingerprint density at radius 1 is 0.969 bits per heavy atom. The van der Waals surface area contributed by atoms with Gasteiger partial charge in [0, 0.05) is 17.4 Å². The van der Waals surface area contributed by atoms with Crippen molar-refractivity contribution in [2.75, 3.05) is 5.32 Å². The number of aromatic nitrogens is 2. The van der Waals surface area contributed by atoms with E-state index in [1.807, 2.05) is 28.8 Å². The van der Waals surface area contributed by atoms with E-state index in [0.29, 0.717) is 0 Å². The van der Waals surface area contributed by atoms with Crippen molar-refractivity contribution in [2.24, 2.45) is 0 Å². The molecule has 0 saturated heterocycles. The summed E-state index contributed by atoms with van der Waals surface area (Å²) in [6, 6.07) is 18.6. The first kappa shape index (κ1) is 21.8. The zero-order chi connectivity index (χ0) is 22.7. The van der Waals surface area contributed by atoms with E-state index in [1.54, 1.807) is 0 Å². The van der Waals surface area contributed by atoms with Crippen molar-refractivity contribution in [3.8, 4) is 11.3 Å². The van der Waals surface area contributed by atoms with Crippen LogP contribution in [0.4, 0.5) is 5.69 Å². The molecule has 4 nitrogen and oxygen atoms in total. The number of carbonyl (C=O) groups excluding carboxylic acids is 1. The van der Waals surface area contributed by atoms with Crippen LogP contribution in [0.25, 0.3) is 16.9 Å². The van der Waals surface area contributed by atoms with Gasteiger partial charge in [-0.1, -0.05) is 43.7 Å². The predicted molar refractivity (Wildman–Crippen MR) is 132 cm³/mol. The number of nitrogens with zero attached hydrogens (tertiary/aromatic N) is 2. The maximum Gasteiger partial charge on any atom is 0.230 e. The number of hydrogen-bond donors (Lipinski definition) is 1. The first-order valence-electron chi connectivity index (χ1n) is 11.4. The smallest absolute Gasteiger partial charge is 0.230 e. The molecule has 0 bridgehead atoms. The molecule has 1 amide bonds. The molecule has 164 valence electrons. The van der Waals surface area contributed by atoms with Crippen LogP contribution in [0.15, 0.2) is 60.8 Å². The van der Waals surface area contributed by atoms with Crippen molar-refractivity contribution < 1.29 is 4.79 Å². The van der Waals surface area contributed by atoms with Gasteiger partial charge in [0.25, 0.3) is 0 Å². The third-order valence-corrected chi connectivity index (χ3v) is 6.11. The number of pyridine rings is 1. The van der Waals surface area contributed by atoms with E-state index in [-0.39, 0.29) is 12.3 Å². The van der Waals surface area contributed by atoms with Crippen molar-refractivity contribution in [3.05, 3.63) is 88.7 Å². The summed E-state index contributed by atoms with van der Waals surface area (Å²) in [5.41, 5.74) is 9.39. The molecule has 1 N–H and O–H groups in total. The molecule has 0 atom stereocenters. The molecule has 0 unspecified atom stereocenters. The zero-order valence-corrected chi connectivity index (χ0v) is 19.4. The lowest BCUT2D eigenvalue weighted by atomic mass is 10.0. The number of aryl methyl sites for hydroxylation is 4. The minimum absolute atomic E-state index is 0.0419. The van der Waals surface area contributed by atoms with Crippen LogP contribution < -0.4 is 5.32 Å². The lowest BCUT2D eigenvalue weighted by Gasteiger charge is -2.09. The fourth-order valence-electron chi connectivity index (χ4n) is 4.03. The number of fused-ring (bicyclic) bond motifs is 1. The maximum atomic E-state index is 13.0. The Kier molecular flexibility index (Phi) is 6.40. The normalized spacial score (nSPS) is 11.1. The van der Waals surface area contributed by atoms with E-state index in [4.69, 9.17) is 4.98 Å². The predicted octanol–water partition coefficient (Wildman–Crippen LogP) is 6.45. The van der Waals surface area contributed by atoms with Crippen molar-refractivity contribution in [3.63, 3.8) is 0 Å². The second-order valence-corrected chi connectivity index (χ2v) is 8.62. The van der Waals surface area contributed by atoms with Crippen molar-refractivity contribution in [1.29, 1.82) is 0 Å². The molecule has 32 heavy (non-hydrogen) atoms. The molecule has 0 radical (unpaired) electrons. The molecule has 0 aliphatic carbocycles. The molecular formula is C28H31N3O. The second kappa shape index (κ2) is 9.39. The summed E-state index contributed by atoms with van der Waals surface area (Å²) < 4.78 is 2.05. The van der Waals surface area contributed by atoms with E-state index in [9.17, 15) is 4.79 Å². The summed E-state index contributed by atoms with van der Waals surface area (Å²) in [6.07, 6.45) is 5.68. The van der Waals surface area contributed by atoms with Crippen LogP contribution in [0.5, 0.6) is 0 Å². The number of amides is 1. The molecule has 0 aliphatic rings. The van der Waals surface area contributed by atoms with E-state index >= 15 is 0 Å². The number of nitrogens with one attached hydrogen (secondary N) is 1. The van der Waals surface area contributed by atoms with Gasteiger partial charge in [-0.15, -0.1) is 0 Å². The Morgan fingerprint density at radius 2 is 1.75 bits per heavy atom. The Balaban J connectivity index is 1.63. The van der Waals surface area contributed by atoms with Crippen LogP contribution in [-0.4, -0.2) is 15.3 Å². The molecule has 0 aliphatic heterocycles. The number of carbonyl (C=O) groups is 1. The molecule has 4 aromatic rings. The van der Waals surface area contributed by atoms with Gasteiger partial charge in [0.05, 0.1) is 17.8 Å². The molecule has 2 heterocycles. The zero-order valence-electron chi connectivity index (χ0n) is 19.4. The van der Waals surface area contributed by atoms with Crippen LogP contribution in [0.2, 0.25) is 0 Å². The Morgan fingerprint density at radius 3 is 2.47 bits per heavy atom. The highest BCUT2D eigenvalue weighted by molar-refractivity contribution is 5.93. The number of unbranched alkanes of at least 4 members (excludes halogenated alkanes) is 1. The fraction of sp³-hybridized carbons (Fsp3) is 0.286. The minimum atomic E-state index is -0.0419. The highest BCUT2D eigenvalue weighted by Gasteiger charge is 2.18. The van der Waals surface area contributed by atoms with Crippen molar-refractivity contribution in [1.82, 2.24) is 9.38 Å². The largest absolute Gasteiger partial charge is 0.326 e. The summed E-state index contributed by atoms with van der Waals surface area (Å²) in [7, 11) is 0. The minimum Gasteiger partial charge on any atom is -0.326 e. The van der Waals surface area contributed by atoms with Crippen molar-refractivity contribution >= 4 is 17.2 Å². The summed E-state index contributed by atoms with van der Waals surface area (Å²) in [5, 5.41) is 3.06. The van der Waals surface area contributed by atoms with Gasteiger partial charge in [0.2, 0.25) is 5.91 Å². The molecule has 4 heteroatoms. The lowest BCUT2D eigenvalue weighted by Crippen LogP contribution is -2.16. The average molecular weight is 426 g/mol. The highest BCUT2D eigenvalue weighted by atomic mass is 16.1. The quantitative estimate of drug-likeness (QED) is 0.370. The number of benzene rings is 2. The van der Waals surface area contributed by atoms with Crippen molar-refractivity contribution in [2.45, 2.75) is 53.4 Å². The van der Waals surface area contributed by atoms with Gasteiger partial charge in [0.15, 0.2) is 0 Å². The molecule has 0 saturated carbocycles. The van der Waals surface area contributed by atoms with Crippen LogP contribution in [0.3, 0.4) is 0 Å². The van der Waals surface area contributed by atoms with E-state index in [2.05, 4.69) is 69.4 Å². The van der Waals surface area contributed by atoms with Crippen LogP contribution in [-0.2, 0) is 17.6 Å². The summed E-state index contributed by atoms with van der Waals surface area (Å²) >= 11 is 0. The third-order valence-electron chi connectivity index (χ3n) is 6.11. The average Bonchev–Trinajstić information content (AvgIpc) is 3.15. The molecule has 2 aromatic heterocycles. The van der Waals surface area contributed by atoms with Gasteiger partial charge in [-0.3, -0.25) is 4.79 Å². The first-order valence-corrected chi connectivity index (χ1v) is 11.4. The Bertz CT molecular complexity index is 1250. The third kappa shape index (κ3) is 4.59. The number of rotatable bonds is 7. The summed E-state index contributed by atoms with van der Waals surface area (Å²) in [5.74, 6) is -0.0419. The van der Waals surface area contributed by atoms with Gasteiger partial charge in [0.1, 0.15) is 5.65 Å². The Hall–Kier alpha value is -3.40. The van der Waals surface area contributed by atoms with Crippen LogP contribution in [0, 0.1) is 20.8 Å². The van der Waals surface area contributed by atoms with Crippen LogP contribution in [0.1, 0.15) is 47.7 Å². The molecular weight excluding hydrogens is 394 g/mol. The van der Waals surface area contributed by atoms with Gasteiger partial charge < -0.3 is 9.72 Å². The molecule has 0 fully saturated rings. The highest BCUT2D eigenvalue weighted by Crippen LogP contribution is 2.28. The maximum absolute atomic E-state index is 13.0. The first-order chi connectivity index (χ1) is 15.5. The SMILES string of the molecule is CCCCc1ccc(NC(=O)Cc2c(-c3ccc(C)c(C)c3)nc3c(C)cccn23)cc1. The van der Waals surface area contributed by atoms with Gasteiger partial charge in [-0.2, -0.15) is 0 Å². The molecule has 0 spiro atoms. The van der Waals surface area contributed by atoms with E-state index < -0.39 is 0 Å². The summed E-state index contributed by atoms with van der Waals surface area (Å²) in [6.45, 7) is 8.46. The molecule has 2 aromatic carbocycles.